The number of ketones is 1. The minimum absolute atomic E-state index is 0.104. The number of fused-ring (bicyclic) bond motifs is 2. The van der Waals surface area contributed by atoms with Gasteiger partial charge in [0, 0.05) is 10.9 Å². The van der Waals surface area contributed by atoms with Crippen LogP contribution < -0.4 is 14.8 Å². The molecule has 0 spiro atoms. The first kappa shape index (κ1) is 18.2. The molecule has 8 nitrogen and oxygen atoms in total. The maximum atomic E-state index is 13.1. The first-order chi connectivity index (χ1) is 14.4. The number of Topliss-reactive ketones (excluding diaryl/α,β-unsaturated/α-hetero) is 1. The maximum Gasteiger partial charge on any atom is 0.325 e. The molecule has 3 amide bonds. The van der Waals surface area contributed by atoms with Gasteiger partial charge >= 0.3 is 6.03 Å². The molecular formula is C22H18N2O6. The highest BCUT2D eigenvalue weighted by Crippen LogP contribution is 2.38. The zero-order valence-electron chi connectivity index (χ0n) is 16.4. The van der Waals surface area contributed by atoms with E-state index in [1.807, 2.05) is 18.2 Å². The van der Waals surface area contributed by atoms with Gasteiger partial charge in [-0.3, -0.25) is 14.5 Å². The van der Waals surface area contributed by atoms with Crippen LogP contribution in [-0.2, 0) is 10.3 Å². The lowest BCUT2D eigenvalue weighted by molar-refractivity contribution is -0.130. The Balaban J connectivity index is 1.43. The molecule has 2 aliphatic rings. The fourth-order valence-corrected chi connectivity index (χ4v) is 3.90. The van der Waals surface area contributed by atoms with Gasteiger partial charge in [0.2, 0.25) is 12.6 Å². The largest absolute Gasteiger partial charge is 0.454 e. The number of ether oxygens (including phenoxy) is 2. The van der Waals surface area contributed by atoms with Crippen LogP contribution in [0.25, 0.3) is 11.0 Å². The molecule has 0 bridgehead atoms. The number of carbonyl (C=O) groups excluding carboxylic acids is 3. The van der Waals surface area contributed by atoms with Gasteiger partial charge in [0.1, 0.15) is 11.1 Å². The number of amides is 3. The Hall–Kier alpha value is -3.81. The summed E-state index contributed by atoms with van der Waals surface area (Å²) in [4.78, 5) is 39.5. The number of furan rings is 1. The predicted octanol–water partition coefficient (Wildman–Crippen LogP) is 3.12. The van der Waals surface area contributed by atoms with Crippen LogP contribution in [0.1, 0.15) is 28.6 Å². The number of aryl methyl sites for hydroxylation is 1. The van der Waals surface area contributed by atoms with E-state index in [-0.39, 0.29) is 12.6 Å². The van der Waals surface area contributed by atoms with E-state index < -0.39 is 29.8 Å². The number of nitrogens with zero attached hydrogens (tertiary/aromatic N) is 1. The Labute approximate surface area is 171 Å². The van der Waals surface area contributed by atoms with Gasteiger partial charge in [0.05, 0.1) is 6.54 Å². The van der Waals surface area contributed by atoms with Crippen LogP contribution in [0.3, 0.4) is 0 Å². The van der Waals surface area contributed by atoms with Crippen LogP contribution in [0, 0.1) is 6.92 Å². The second-order valence-corrected chi connectivity index (χ2v) is 7.49. The number of carbonyl (C=O) groups is 3. The zero-order valence-corrected chi connectivity index (χ0v) is 16.4. The molecule has 0 aliphatic carbocycles. The lowest BCUT2D eigenvalue weighted by Crippen LogP contribution is -2.41. The van der Waals surface area contributed by atoms with Crippen molar-refractivity contribution in [3.63, 3.8) is 0 Å². The molecule has 2 aliphatic heterocycles. The van der Waals surface area contributed by atoms with Gasteiger partial charge in [0.25, 0.3) is 5.91 Å². The Kier molecular flexibility index (Phi) is 3.86. The molecule has 0 saturated carbocycles. The summed E-state index contributed by atoms with van der Waals surface area (Å²) in [5.41, 5.74) is 0.489. The quantitative estimate of drug-likeness (QED) is 0.528. The predicted molar refractivity (Wildman–Crippen MR) is 105 cm³/mol. The lowest BCUT2D eigenvalue weighted by atomic mass is 9.91. The lowest BCUT2D eigenvalue weighted by Gasteiger charge is -2.22. The van der Waals surface area contributed by atoms with E-state index in [0.29, 0.717) is 28.2 Å². The number of benzene rings is 2. The summed E-state index contributed by atoms with van der Waals surface area (Å²) in [5, 5.41) is 3.52. The molecule has 1 fully saturated rings. The van der Waals surface area contributed by atoms with Crippen LogP contribution in [0.2, 0.25) is 0 Å². The van der Waals surface area contributed by atoms with Crippen molar-refractivity contribution in [2.45, 2.75) is 19.4 Å². The number of hydrogen-bond acceptors (Lipinski definition) is 6. The van der Waals surface area contributed by atoms with Crippen LogP contribution in [0.5, 0.6) is 11.5 Å². The van der Waals surface area contributed by atoms with Gasteiger partial charge in [-0.1, -0.05) is 24.3 Å². The van der Waals surface area contributed by atoms with E-state index in [4.69, 9.17) is 13.9 Å². The summed E-state index contributed by atoms with van der Waals surface area (Å²) >= 11 is 0. The SMILES string of the molecule is Cc1c(C(=O)CN2C(=O)NC(C)(c3ccc4c(c3)OCO4)C2=O)oc2ccccc12. The van der Waals surface area contributed by atoms with E-state index in [1.54, 1.807) is 38.1 Å². The minimum atomic E-state index is -1.32. The molecule has 1 atom stereocenters. The average molecular weight is 406 g/mol. The number of para-hydroxylation sites is 1. The van der Waals surface area contributed by atoms with Gasteiger partial charge in [-0.25, -0.2) is 4.79 Å². The summed E-state index contributed by atoms with van der Waals surface area (Å²) < 4.78 is 16.3. The van der Waals surface area contributed by atoms with Crippen molar-refractivity contribution < 1.29 is 28.3 Å². The Morgan fingerprint density at radius 2 is 1.90 bits per heavy atom. The smallest absolute Gasteiger partial charge is 0.325 e. The first-order valence-electron chi connectivity index (χ1n) is 9.44. The molecule has 0 radical (unpaired) electrons. The standard InChI is InChI=1S/C22H18N2O6/c1-12-14-5-3-4-6-16(14)30-19(12)15(25)10-24-20(26)22(2,23-21(24)27)13-7-8-17-18(9-13)29-11-28-17/h3-9H,10-11H2,1-2H3,(H,23,27). The Bertz CT molecular complexity index is 1230. The van der Waals surface area contributed by atoms with Crippen molar-refractivity contribution in [2.24, 2.45) is 0 Å². The van der Waals surface area contributed by atoms with E-state index in [2.05, 4.69) is 5.32 Å². The highest BCUT2D eigenvalue weighted by atomic mass is 16.7. The summed E-state index contributed by atoms with van der Waals surface area (Å²) in [7, 11) is 0. The molecule has 2 aromatic carbocycles. The second-order valence-electron chi connectivity index (χ2n) is 7.49. The average Bonchev–Trinajstić information content (AvgIpc) is 3.40. The molecular weight excluding hydrogens is 388 g/mol. The van der Waals surface area contributed by atoms with Crippen molar-refractivity contribution >= 4 is 28.7 Å². The van der Waals surface area contributed by atoms with Crippen molar-refractivity contribution in [2.75, 3.05) is 13.3 Å². The topological polar surface area (TPSA) is 98.1 Å². The molecule has 5 rings (SSSR count). The molecule has 152 valence electrons. The number of rotatable bonds is 4. The Morgan fingerprint density at radius 3 is 2.70 bits per heavy atom. The van der Waals surface area contributed by atoms with Crippen molar-refractivity contribution in [3.8, 4) is 11.5 Å². The zero-order chi connectivity index (χ0) is 21.0. The number of hydrogen-bond donors (Lipinski definition) is 1. The molecule has 1 aromatic heterocycles. The van der Waals surface area contributed by atoms with E-state index in [1.165, 1.54) is 0 Å². The second kappa shape index (κ2) is 6.35. The molecule has 3 heterocycles. The number of nitrogens with one attached hydrogen (secondary N) is 1. The van der Waals surface area contributed by atoms with Crippen LogP contribution in [0.4, 0.5) is 4.79 Å². The van der Waals surface area contributed by atoms with Gasteiger partial charge < -0.3 is 19.2 Å². The third kappa shape index (κ3) is 2.57. The third-order valence-corrected chi connectivity index (χ3v) is 5.62. The van der Waals surface area contributed by atoms with E-state index in [0.717, 1.165) is 10.3 Å². The van der Waals surface area contributed by atoms with Crippen molar-refractivity contribution in [3.05, 3.63) is 59.4 Å². The number of imide groups is 1. The Morgan fingerprint density at radius 1 is 1.13 bits per heavy atom. The molecule has 1 N–H and O–H groups in total. The van der Waals surface area contributed by atoms with Gasteiger partial charge in [0.15, 0.2) is 17.3 Å². The van der Waals surface area contributed by atoms with E-state index >= 15 is 0 Å². The van der Waals surface area contributed by atoms with Gasteiger partial charge in [-0.05, 0) is 37.6 Å². The van der Waals surface area contributed by atoms with Crippen LogP contribution in [-0.4, -0.2) is 36.0 Å². The highest BCUT2D eigenvalue weighted by Gasteiger charge is 2.50. The highest BCUT2D eigenvalue weighted by molar-refractivity contribution is 6.11. The van der Waals surface area contributed by atoms with Crippen molar-refractivity contribution in [1.82, 2.24) is 10.2 Å². The fraction of sp³-hybridized carbons (Fsp3) is 0.227. The monoisotopic (exact) mass is 406 g/mol. The fourth-order valence-electron chi connectivity index (χ4n) is 3.90. The molecule has 30 heavy (non-hydrogen) atoms. The van der Waals surface area contributed by atoms with Crippen molar-refractivity contribution in [1.29, 1.82) is 0 Å². The first-order valence-corrected chi connectivity index (χ1v) is 9.44. The van der Waals surface area contributed by atoms with Gasteiger partial charge in [-0.2, -0.15) is 0 Å². The molecule has 1 saturated heterocycles. The summed E-state index contributed by atoms with van der Waals surface area (Å²) in [6, 6.07) is 11.7. The minimum Gasteiger partial charge on any atom is -0.454 e. The summed E-state index contributed by atoms with van der Waals surface area (Å²) in [5.74, 6) is 0.263. The molecule has 8 heteroatoms. The molecule has 1 unspecified atom stereocenters. The molecule has 3 aromatic rings. The normalized spacial score (nSPS) is 20.1. The van der Waals surface area contributed by atoms with Crippen LogP contribution >= 0.6 is 0 Å². The van der Waals surface area contributed by atoms with Gasteiger partial charge in [-0.15, -0.1) is 0 Å². The number of urea groups is 1. The summed E-state index contributed by atoms with van der Waals surface area (Å²) in [6.07, 6.45) is 0. The van der Waals surface area contributed by atoms with Crippen LogP contribution in [0.15, 0.2) is 46.9 Å². The maximum absolute atomic E-state index is 13.1. The summed E-state index contributed by atoms with van der Waals surface area (Å²) in [6.45, 7) is 3.07. The third-order valence-electron chi connectivity index (χ3n) is 5.62. The van der Waals surface area contributed by atoms with E-state index in [9.17, 15) is 14.4 Å².